The van der Waals surface area contributed by atoms with Gasteiger partial charge in [-0.3, -0.25) is 0 Å². The predicted octanol–water partition coefficient (Wildman–Crippen LogP) is 3.23. The highest BCUT2D eigenvalue weighted by molar-refractivity contribution is 9.10. The Kier molecular flexibility index (Phi) is 3.42. The summed E-state index contributed by atoms with van der Waals surface area (Å²) >= 11 is 3.07. The number of hydrogen-bond acceptors (Lipinski definition) is 2. The number of benzene rings is 1. The molecule has 0 heterocycles. The molecule has 74 valence electrons. The van der Waals surface area contributed by atoms with Crippen molar-refractivity contribution in [1.82, 2.24) is 0 Å². The molecule has 0 aliphatic rings. The molecule has 0 atom stereocenters. The summed E-state index contributed by atoms with van der Waals surface area (Å²) in [5.74, 6) is -0.0258. The van der Waals surface area contributed by atoms with Gasteiger partial charge in [0.2, 0.25) is 0 Å². The van der Waals surface area contributed by atoms with E-state index in [4.69, 9.17) is 5.26 Å². The normalized spacial score (nSPS) is 10.0. The number of halogens is 3. The van der Waals surface area contributed by atoms with Crippen molar-refractivity contribution in [2.75, 3.05) is 0 Å². The second-order valence-corrected chi connectivity index (χ2v) is 3.44. The maximum Gasteiger partial charge on any atom is 0.387 e. The summed E-state index contributed by atoms with van der Waals surface area (Å²) in [4.78, 5) is 0. The molecule has 0 saturated heterocycles. The van der Waals surface area contributed by atoms with Crippen molar-refractivity contribution in [3.05, 3.63) is 27.7 Å². The lowest BCUT2D eigenvalue weighted by atomic mass is 10.1. The Labute approximate surface area is 88.2 Å². The molecule has 0 fully saturated rings. The number of nitrogens with zero attached hydrogens (tertiary/aromatic N) is 1. The van der Waals surface area contributed by atoms with Gasteiger partial charge in [0.1, 0.15) is 5.75 Å². The third-order valence-corrected chi connectivity index (χ3v) is 2.24. The molecule has 1 rings (SSSR count). The summed E-state index contributed by atoms with van der Waals surface area (Å²) in [6, 6.07) is 4.74. The fourth-order valence-corrected chi connectivity index (χ4v) is 1.51. The van der Waals surface area contributed by atoms with Crippen molar-refractivity contribution < 1.29 is 13.5 Å². The lowest BCUT2D eigenvalue weighted by Gasteiger charge is -2.08. The van der Waals surface area contributed by atoms with Crippen LogP contribution >= 0.6 is 15.9 Å². The van der Waals surface area contributed by atoms with E-state index in [1.807, 2.05) is 6.07 Å². The molecule has 0 spiro atoms. The van der Waals surface area contributed by atoms with E-state index < -0.39 is 6.61 Å². The van der Waals surface area contributed by atoms with E-state index in [1.165, 1.54) is 6.07 Å². The van der Waals surface area contributed by atoms with Crippen molar-refractivity contribution in [3.63, 3.8) is 0 Å². The molecule has 0 saturated carbocycles. The molecule has 5 heteroatoms. The first-order chi connectivity index (χ1) is 6.54. The van der Waals surface area contributed by atoms with Gasteiger partial charge in [-0.25, -0.2) is 0 Å². The summed E-state index contributed by atoms with van der Waals surface area (Å²) in [5, 5.41) is 8.66. The van der Waals surface area contributed by atoms with E-state index in [0.29, 0.717) is 15.6 Å². The quantitative estimate of drug-likeness (QED) is 0.819. The van der Waals surface area contributed by atoms with Gasteiger partial charge < -0.3 is 4.74 Å². The first kappa shape index (κ1) is 10.9. The summed E-state index contributed by atoms with van der Waals surface area (Å²) in [6.45, 7) is -1.17. The number of hydrogen-bond donors (Lipinski definition) is 0. The Balaban J connectivity index is 3.12. The molecule has 0 aliphatic carbocycles. The first-order valence-corrected chi connectivity index (χ1v) is 4.49. The minimum atomic E-state index is -2.89. The number of nitriles is 1. The van der Waals surface area contributed by atoms with E-state index in [1.54, 1.807) is 13.0 Å². The van der Waals surface area contributed by atoms with Gasteiger partial charge in [0.25, 0.3) is 0 Å². The smallest absolute Gasteiger partial charge is 0.387 e. The lowest BCUT2D eigenvalue weighted by molar-refractivity contribution is -0.0503. The highest BCUT2D eigenvalue weighted by Crippen LogP contribution is 2.29. The molecule has 0 bridgehead atoms. The predicted molar refractivity (Wildman–Crippen MR) is 50.2 cm³/mol. The van der Waals surface area contributed by atoms with E-state index in [2.05, 4.69) is 20.7 Å². The van der Waals surface area contributed by atoms with E-state index in [9.17, 15) is 8.78 Å². The zero-order chi connectivity index (χ0) is 10.7. The van der Waals surface area contributed by atoms with Gasteiger partial charge in [0.05, 0.1) is 16.1 Å². The van der Waals surface area contributed by atoms with Crippen LogP contribution in [0.1, 0.15) is 11.1 Å². The van der Waals surface area contributed by atoms with Gasteiger partial charge in [0, 0.05) is 0 Å². The maximum atomic E-state index is 11.9. The van der Waals surface area contributed by atoms with Gasteiger partial charge >= 0.3 is 6.61 Å². The largest absolute Gasteiger partial charge is 0.434 e. The van der Waals surface area contributed by atoms with Gasteiger partial charge in [-0.05, 0) is 40.5 Å². The van der Waals surface area contributed by atoms with Gasteiger partial charge in [-0.15, -0.1) is 0 Å². The summed E-state index contributed by atoms with van der Waals surface area (Å²) in [6.07, 6.45) is 0. The average Bonchev–Trinajstić information content (AvgIpc) is 2.09. The molecule has 0 aliphatic heterocycles. The van der Waals surface area contributed by atoms with Crippen molar-refractivity contribution in [2.45, 2.75) is 13.5 Å². The molecule has 1 aromatic carbocycles. The lowest BCUT2D eigenvalue weighted by Crippen LogP contribution is -2.03. The molecule has 1 aromatic rings. The number of ether oxygens (including phenoxy) is 1. The number of aryl methyl sites for hydroxylation is 1. The zero-order valence-electron chi connectivity index (χ0n) is 7.22. The third-order valence-electron chi connectivity index (χ3n) is 1.62. The fourth-order valence-electron chi connectivity index (χ4n) is 0.960. The molecule has 0 aromatic heterocycles. The molecule has 2 nitrogen and oxygen atoms in total. The molecule has 14 heavy (non-hydrogen) atoms. The minimum absolute atomic E-state index is 0.0258. The Morgan fingerprint density at radius 2 is 2.14 bits per heavy atom. The molecular formula is C9H6BrF2NO. The van der Waals surface area contributed by atoms with Crippen LogP contribution in [-0.2, 0) is 0 Å². The van der Waals surface area contributed by atoms with E-state index in [-0.39, 0.29) is 5.75 Å². The highest BCUT2D eigenvalue weighted by atomic mass is 79.9. The summed E-state index contributed by atoms with van der Waals surface area (Å²) < 4.78 is 28.4. The van der Waals surface area contributed by atoms with Crippen molar-refractivity contribution in [1.29, 1.82) is 5.26 Å². The molecular weight excluding hydrogens is 256 g/mol. The van der Waals surface area contributed by atoms with Crippen LogP contribution in [0.3, 0.4) is 0 Å². The summed E-state index contributed by atoms with van der Waals surface area (Å²) in [7, 11) is 0. The van der Waals surface area contributed by atoms with Crippen LogP contribution in [0.25, 0.3) is 0 Å². The second-order valence-electron chi connectivity index (χ2n) is 2.59. The van der Waals surface area contributed by atoms with Crippen molar-refractivity contribution in [3.8, 4) is 11.8 Å². The Hall–Kier alpha value is -1.15. The van der Waals surface area contributed by atoms with Crippen LogP contribution in [0.4, 0.5) is 8.78 Å². The standard InChI is InChI=1S/C9H6BrF2NO/c1-5-2-7(10)8(14-9(11)12)3-6(5)4-13/h2-3,9H,1H3. The van der Waals surface area contributed by atoms with E-state index >= 15 is 0 Å². The topological polar surface area (TPSA) is 33.0 Å². The fraction of sp³-hybridized carbons (Fsp3) is 0.222. The van der Waals surface area contributed by atoms with Crippen LogP contribution in [0, 0.1) is 18.3 Å². The van der Waals surface area contributed by atoms with E-state index in [0.717, 1.165) is 0 Å². The zero-order valence-corrected chi connectivity index (χ0v) is 8.81. The number of alkyl halides is 2. The Morgan fingerprint density at radius 1 is 1.50 bits per heavy atom. The van der Waals surface area contributed by atoms with Crippen LogP contribution in [0.5, 0.6) is 5.75 Å². The van der Waals surface area contributed by atoms with Crippen LogP contribution in [0.2, 0.25) is 0 Å². The van der Waals surface area contributed by atoms with Crippen LogP contribution in [-0.4, -0.2) is 6.61 Å². The molecule has 0 amide bonds. The summed E-state index contributed by atoms with van der Waals surface area (Å²) in [5.41, 5.74) is 1.03. The minimum Gasteiger partial charge on any atom is -0.434 e. The van der Waals surface area contributed by atoms with Gasteiger partial charge in [0.15, 0.2) is 0 Å². The maximum absolute atomic E-state index is 11.9. The number of rotatable bonds is 2. The molecule has 0 N–H and O–H groups in total. The van der Waals surface area contributed by atoms with Crippen LogP contribution in [0.15, 0.2) is 16.6 Å². The van der Waals surface area contributed by atoms with Gasteiger partial charge in [-0.1, -0.05) is 0 Å². The third kappa shape index (κ3) is 2.42. The van der Waals surface area contributed by atoms with Crippen molar-refractivity contribution >= 4 is 15.9 Å². The Morgan fingerprint density at radius 3 is 2.64 bits per heavy atom. The highest BCUT2D eigenvalue weighted by Gasteiger charge is 2.10. The second kappa shape index (κ2) is 4.38. The first-order valence-electron chi connectivity index (χ1n) is 3.69. The van der Waals surface area contributed by atoms with Crippen molar-refractivity contribution in [2.24, 2.45) is 0 Å². The Bertz CT molecular complexity index is 387. The van der Waals surface area contributed by atoms with Crippen LogP contribution < -0.4 is 4.74 Å². The molecule has 0 unspecified atom stereocenters. The SMILES string of the molecule is Cc1cc(Br)c(OC(F)F)cc1C#N. The molecule has 0 radical (unpaired) electrons. The monoisotopic (exact) mass is 261 g/mol. The average molecular weight is 262 g/mol. The van der Waals surface area contributed by atoms with Gasteiger partial charge in [-0.2, -0.15) is 14.0 Å².